The lowest BCUT2D eigenvalue weighted by Gasteiger charge is -2.48. The highest BCUT2D eigenvalue weighted by atomic mass is 16.7. The molecule has 2 rings (SSSR count). The van der Waals surface area contributed by atoms with Crippen LogP contribution in [0.3, 0.4) is 0 Å². The number of aliphatic carboxylic acids is 2. The van der Waals surface area contributed by atoms with Crippen molar-refractivity contribution >= 4 is 11.9 Å². The Morgan fingerprint density at radius 2 is 1.11 bits per heavy atom. The molecule has 2 saturated heterocycles. The van der Waals surface area contributed by atoms with Gasteiger partial charge in [0.1, 0.15) is 24.4 Å². The van der Waals surface area contributed by atoms with E-state index in [2.05, 4.69) is 0 Å². The van der Waals surface area contributed by atoms with Gasteiger partial charge in [0.05, 0.1) is 31.8 Å². The van der Waals surface area contributed by atoms with Gasteiger partial charge in [-0.3, -0.25) is 0 Å². The van der Waals surface area contributed by atoms with Crippen LogP contribution in [0.1, 0.15) is 27.7 Å². The minimum absolute atomic E-state index is 0.292. The first-order valence-electron chi connectivity index (χ1n) is 8.64. The number of rotatable bonds is 8. The molecule has 0 aromatic rings. The van der Waals surface area contributed by atoms with Gasteiger partial charge in [-0.25, -0.2) is 9.59 Å². The summed E-state index contributed by atoms with van der Waals surface area (Å²) < 4.78 is 33.7. The molecule has 0 aromatic heterocycles. The second-order valence-electron chi connectivity index (χ2n) is 7.98. The normalized spacial score (nSPS) is 29.6. The van der Waals surface area contributed by atoms with E-state index in [0.29, 0.717) is 26.4 Å². The Kier molecular flexibility index (Phi) is 6.82. The summed E-state index contributed by atoms with van der Waals surface area (Å²) in [6.07, 6.45) is -1.42. The molecule has 0 saturated carbocycles. The van der Waals surface area contributed by atoms with Crippen LogP contribution in [-0.2, 0) is 38.0 Å². The van der Waals surface area contributed by atoms with Gasteiger partial charge >= 0.3 is 11.9 Å². The van der Waals surface area contributed by atoms with Crippen molar-refractivity contribution in [3.8, 4) is 0 Å². The van der Waals surface area contributed by atoms with Crippen LogP contribution in [0.25, 0.3) is 0 Å². The largest absolute Gasteiger partial charge is 0.480 e. The fourth-order valence-corrected chi connectivity index (χ4v) is 2.79. The second-order valence-corrected chi connectivity index (χ2v) is 7.98. The van der Waals surface area contributed by atoms with E-state index in [1.807, 2.05) is 0 Å². The zero-order valence-electron chi connectivity index (χ0n) is 16.1. The first-order valence-corrected chi connectivity index (χ1v) is 8.64. The first-order chi connectivity index (χ1) is 12.5. The molecule has 0 aliphatic carbocycles. The van der Waals surface area contributed by atoms with E-state index in [4.69, 9.17) is 38.6 Å². The summed E-state index contributed by atoms with van der Waals surface area (Å²) in [6, 6.07) is 0. The highest BCUT2D eigenvalue weighted by molar-refractivity contribution is 5.68. The van der Waals surface area contributed by atoms with E-state index in [9.17, 15) is 9.59 Å². The van der Waals surface area contributed by atoms with E-state index in [1.54, 1.807) is 27.7 Å². The lowest BCUT2D eigenvalue weighted by atomic mass is 9.89. The van der Waals surface area contributed by atoms with E-state index < -0.39 is 54.3 Å². The summed E-state index contributed by atoms with van der Waals surface area (Å²) in [5, 5.41) is 17.5. The van der Waals surface area contributed by atoms with E-state index in [-0.39, 0.29) is 0 Å². The van der Waals surface area contributed by atoms with E-state index in [1.165, 1.54) is 0 Å². The number of ether oxygens (including phenoxy) is 6. The van der Waals surface area contributed by atoms with Crippen molar-refractivity contribution in [1.29, 1.82) is 0 Å². The lowest BCUT2D eigenvalue weighted by molar-refractivity contribution is -0.349. The maximum atomic E-state index is 10.7. The Labute approximate surface area is 157 Å². The van der Waals surface area contributed by atoms with Gasteiger partial charge in [-0.1, -0.05) is 0 Å². The molecule has 2 heterocycles. The number of carbonyl (C=O) groups is 2. The van der Waals surface area contributed by atoms with Gasteiger partial charge in [-0.05, 0) is 27.7 Å². The minimum atomic E-state index is -1.07. The molecule has 2 fully saturated rings. The van der Waals surface area contributed by atoms with Crippen LogP contribution in [0.5, 0.6) is 0 Å². The molecule has 156 valence electrons. The third kappa shape index (κ3) is 5.84. The van der Waals surface area contributed by atoms with E-state index in [0.717, 1.165) is 0 Å². The Hall–Kier alpha value is -1.30. The molecule has 10 heteroatoms. The van der Waals surface area contributed by atoms with Gasteiger partial charge in [0.2, 0.25) is 0 Å². The third-order valence-electron chi connectivity index (χ3n) is 4.43. The zero-order valence-corrected chi connectivity index (χ0v) is 16.1. The molecule has 2 aliphatic rings. The smallest absolute Gasteiger partial charge is 0.329 e. The van der Waals surface area contributed by atoms with Gasteiger partial charge in [-0.2, -0.15) is 0 Å². The highest BCUT2D eigenvalue weighted by Crippen LogP contribution is 2.36. The quantitative estimate of drug-likeness (QED) is 0.601. The Morgan fingerprint density at radius 3 is 1.37 bits per heavy atom. The van der Waals surface area contributed by atoms with Crippen molar-refractivity contribution in [2.45, 2.75) is 51.5 Å². The van der Waals surface area contributed by atoms with Crippen LogP contribution in [0.4, 0.5) is 0 Å². The molecule has 0 amide bonds. The van der Waals surface area contributed by atoms with E-state index >= 15 is 0 Å². The standard InChI is InChI=1S/C17H28O10/c1-15(2,26-5-11(18)19)13-22-7-17(8-23-13)9-24-14(25-10-17)16(3,4)27-6-12(20)21/h13-14H,5-10H2,1-4H3,(H,18,19)(H,20,21). The monoisotopic (exact) mass is 392 g/mol. The molecule has 10 nitrogen and oxygen atoms in total. The van der Waals surface area contributed by atoms with Gasteiger partial charge in [-0.15, -0.1) is 0 Å². The Bertz CT molecular complexity index is 476. The van der Waals surface area contributed by atoms with Crippen LogP contribution in [0.15, 0.2) is 0 Å². The molecule has 0 atom stereocenters. The number of carboxylic acids is 2. The van der Waals surface area contributed by atoms with Crippen LogP contribution in [0.2, 0.25) is 0 Å². The van der Waals surface area contributed by atoms with Crippen molar-refractivity contribution in [1.82, 2.24) is 0 Å². The third-order valence-corrected chi connectivity index (χ3v) is 4.43. The topological polar surface area (TPSA) is 130 Å². The van der Waals surface area contributed by atoms with Crippen molar-refractivity contribution in [2.75, 3.05) is 39.6 Å². The van der Waals surface area contributed by atoms with Crippen LogP contribution in [-0.4, -0.2) is 85.6 Å². The first kappa shape index (κ1) is 22.0. The SMILES string of the molecule is CC(C)(OCC(=O)O)C1OCC2(CO1)COC(C(C)(C)OCC(=O)O)OC2. The summed E-state index contributed by atoms with van der Waals surface area (Å²) in [6.45, 7) is 7.08. The molecule has 0 bridgehead atoms. The molecule has 2 aliphatic heterocycles. The molecule has 2 N–H and O–H groups in total. The van der Waals surface area contributed by atoms with Gasteiger partial charge in [0, 0.05) is 0 Å². The van der Waals surface area contributed by atoms with Gasteiger partial charge in [0.15, 0.2) is 12.6 Å². The van der Waals surface area contributed by atoms with Crippen LogP contribution >= 0.6 is 0 Å². The van der Waals surface area contributed by atoms with Crippen molar-refractivity contribution in [3.05, 3.63) is 0 Å². The molecule has 1 spiro atoms. The molecular weight excluding hydrogens is 364 g/mol. The Balaban J connectivity index is 1.84. The van der Waals surface area contributed by atoms with Crippen LogP contribution < -0.4 is 0 Å². The van der Waals surface area contributed by atoms with Crippen molar-refractivity contribution < 1.29 is 48.2 Å². The molecule has 0 aromatic carbocycles. The molecule has 0 unspecified atom stereocenters. The Morgan fingerprint density at radius 1 is 0.815 bits per heavy atom. The summed E-state index contributed by atoms with van der Waals surface area (Å²) in [5.74, 6) is -2.13. The number of hydrogen-bond acceptors (Lipinski definition) is 8. The zero-order chi connectivity index (χ0) is 20.3. The highest BCUT2D eigenvalue weighted by Gasteiger charge is 2.48. The van der Waals surface area contributed by atoms with Gasteiger partial charge < -0.3 is 38.6 Å². The lowest BCUT2D eigenvalue weighted by Crippen LogP contribution is -2.59. The second kappa shape index (κ2) is 8.38. The minimum Gasteiger partial charge on any atom is -0.480 e. The predicted octanol–water partition coefficient (Wildman–Crippen LogP) is 0.478. The predicted molar refractivity (Wildman–Crippen MR) is 89.2 cm³/mol. The number of hydrogen-bond donors (Lipinski definition) is 2. The molecular formula is C17H28O10. The van der Waals surface area contributed by atoms with Crippen LogP contribution in [0, 0.1) is 5.41 Å². The summed E-state index contributed by atoms with van der Waals surface area (Å²) in [7, 11) is 0. The molecule has 27 heavy (non-hydrogen) atoms. The fourth-order valence-electron chi connectivity index (χ4n) is 2.79. The van der Waals surface area contributed by atoms with Crippen molar-refractivity contribution in [3.63, 3.8) is 0 Å². The van der Waals surface area contributed by atoms with Crippen molar-refractivity contribution in [2.24, 2.45) is 5.41 Å². The maximum Gasteiger partial charge on any atom is 0.329 e. The average Bonchev–Trinajstić information content (AvgIpc) is 2.59. The fraction of sp³-hybridized carbons (Fsp3) is 0.882. The summed E-state index contributed by atoms with van der Waals surface area (Å²) in [5.41, 5.74) is -2.35. The van der Waals surface area contributed by atoms with Gasteiger partial charge in [0.25, 0.3) is 0 Å². The average molecular weight is 392 g/mol. The summed E-state index contributed by atoms with van der Waals surface area (Å²) in [4.78, 5) is 21.4. The molecule has 0 radical (unpaired) electrons. The maximum absolute atomic E-state index is 10.7. The summed E-state index contributed by atoms with van der Waals surface area (Å²) >= 11 is 0. The number of carboxylic acid groups (broad SMARTS) is 2.